The maximum atomic E-state index is 11.2. The molecule has 1 unspecified atom stereocenters. The highest BCUT2D eigenvalue weighted by Gasteiger charge is 2.24. The molecule has 0 saturated carbocycles. The van der Waals surface area contributed by atoms with E-state index in [0.29, 0.717) is 6.54 Å². The minimum Gasteiger partial charge on any atom is -0.480 e. The van der Waals surface area contributed by atoms with Crippen molar-refractivity contribution < 1.29 is 15.0 Å². The van der Waals surface area contributed by atoms with Crippen LogP contribution in [0, 0.1) is 6.92 Å². The number of aliphatic carboxylic acids is 1. The third-order valence-electron chi connectivity index (χ3n) is 2.49. The van der Waals surface area contributed by atoms with E-state index < -0.39 is 12.0 Å². The van der Waals surface area contributed by atoms with Crippen LogP contribution in [0.1, 0.15) is 17.2 Å². The van der Waals surface area contributed by atoms with Crippen LogP contribution in [0.15, 0.2) is 24.3 Å². The predicted molar refractivity (Wildman–Crippen MR) is 61.3 cm³/mol. The van der Waals surface area contributed by atoms with Crippen molar-refractivity contribution in [2.24, 2.45) is 0 Å². The highest BCUT2D eigenvalue weighted by Crippen LogP contribution is 2.20. The maximum absolute atomic E-state index is 11.2. The number of rotatable bonds is 5. The molecule has 0 saturated heterocycles. The Morgan fingerprint density at radius 2 is 2.19 bits per heavy atom. The van der Waals surface area contributed by atoms with Gasteiger partial charge in [0, 0.05) is 6.54 Å². The topological polar surface area (TPSA) is 60.8 Å². The minimum absolute atomic E-state index is 0.0495. The molecule has 0 amide bonds. The number of aliphatic hydroxyl groups excluding tert-OH is 1. The first-order valence-electron chi connectivity index (χ1n) is 5.16. The third-order valence-corrected chi connectivity index (χ3v) is 2.49. The lowest BCUT2D eigenvalue weighted by Gasteiger charge is -2.24. The van der Waals surface area contributed by atoms with Crippen LogP contribution < -0.4 is 0 Å². The van der Waals surface area contributed by atoms with E-state index in [1.807, 2.05) is 25.1 Å². The van der Waals surface area contributed by atoms with Gasteiger partial charge in [0.2, 0.25) is 0 Å². The summed E-state index contributed by atoms with van der Waals surface area (Å²) in [6.45, 7) is 2.21. The van der Waals surface area contributed by atoms with Crippen LogP contribution >= 0.6 is 0 Å². The van der Waals surface area contributed by atoms with Gasteiger partial charge in [0.15, 0.2) is 0 Å². The molecule has 16 heavy (non-hydrogen) atoms. The lowest BCUT2D eigenvalue weighted by atomic mass is 10.0. The molecule has 0 spiro atoms. The highest BCUT2D eigenvalue weighted by atomic mass is 16.4. The smallest absolute Gasteiger partial charge is 0.325 e. The van der Waals surface area contributed by atoms with Gasteiger partial charge >= 0.3 is 5.97 Å². The zero-order valence-corrected chi connectivity index (χ0v) is 9.55. The Morgan fingerprint density at radius 1 is 1.50 bits per heavy atom. The lowest BCUT2D eigenvalue weighted by molar-refractivity contribution is -0.143. The molecule has 4 heteroatoms. The first kappa shape index (κ1) is 12.7. The molecule has 0 heterocycles. The van der Waals surface area contributed by atoms with Gasteiger partial charge in [-0.1, -0.05) is 29.8 Å². The Kier molecular flexibility index (Phi) is 4.46. The molecule has 0 aliphatic carbocycles. The molecule has 2 N–H and O–H groups in total. The van der Waals surface area contributed by atoms with Crippen molar-refractivity contribution in [3.8, 4) is 0 Å². The van der Waals surface area contributed by atoms with E-state index in [2.05, 4.69) is 0 Å². The van der Waals surface area contributed by atoms with Gasteiger partial charge in [-0.15, -0.1) is 0 Å². The number of aryl methyl sites for hydroxylation is 1. The number of hydrogen-bond acceptors (Lipinski definition) is 3. The summed E-state index contributed by atoms with van der Waals surface area (Å²) in [5.74, 6) is -0.901. The second kappa shape index (κ2) is 5.63. The van der Waals surface area contributed by atoms with Crippen molar-refractivity contribution in [2.75, 3.05) is 20.2 Å². The van der Waals surface area contributed by atoms with Crippen LogP contribution in [0.3, 0.4) is 0 Å². The highest BCUT2D eigenvalue weighted by molar-refractivity contribution is 5.75. The van der Waals surface area contributed by atoms with Gasteiger partial charge in [0.25, 0.3) is 0 Å². The van der Waals surface area contributed by atoms with Crippen LogP contribution in [0.5, 0.6) is 0 Å². The van der Waals surface area contributed by atoms with Gasteiger partial charge in [0.1, 0.15) is 6.04 Å². The molecule has 4 nitrogen and oxygen atoms in total. The van der Waals surface area contributed by atoms with Gasteiger partial charge in [-0.3, -0.25) is 9.69 Å². The number of hydrogen-bond donors (Lipinski definition) is 2. The molecule has 1 atom stereocenters. The number of carbonyl (C=O) groups is 1. The SMILES string of the molecule is Cc1cccc(C(C(=O)O)N(C)CCO)c1. The largest absolute Gasteiger partial charge is 0.480 e. The molecule has 0 aliphatic heterocycles. The average Bonchev–Trinajstić information content (AvgIpc) is 2.17. The van der Waals surface area contributed by atoms with Crippen LogP contribution in [-0.2, 0) is 4.79 Å². The Morgan fingerprint density at radius 3 is 2.69 bits per heavy atom. The normalized spacial score (nSPS) is 12.8. The Balaban J connectivity index is 2.98. The summed E-state index contributed by atoms with van der Waals surface area (Å²) in [4.78, 5) is 12.8. The number of likely N-dealkylation sites (N-methyl/N-ethyl adjacent to an activating group) is 1. The predicted octanol–water partition coefficient (Wildman–Crippen LogP) is 1.04. The van der Waals surface area contributed by atoms with Gasteiger partial charge in [-0.05, 0) is 19.5 Å². The number of carboxylic acids is 1. The fourth-order valence-corrected chi connectivity index (χ4v) is 1.71. The van der Waals surface area contributed by atoms with Crippen molar-refractivity contribution >= 4 is 5.97 Å². The summed E-state index contributed by atoms with van der Waals surface area (Å²) in [5.41, 5.74) is 1.77. The second-order valence-electron chi connectivity index (χ2n) is 3.86. The molecular formula is C12H17NO3. The summed E-state index contributed by atoms with van der Waals surface area (Å²) in [7, 11) is 1.69. The summed E-state index contributed by atoms with van der Waals surface area (Å²) in [6, 6.07) is 6.71. The molecule has 0 fully saturated rings. The van der Waals surface area contributed by atoms with Crippen LogP contribution in [0.25, 0.3) is 0 Å². The lowest BCUT2D eigenvalue weighted by Crippen LogP contribution is -2.32. The van der Waals surface area contributed by atoms with Crippen molar-refractivity contribution in [1.29, 1.82) is 0 Å². The van der Waals surface area contributed by atoms with E-state index in [9.17, 15) is 9.90 Å². The van der Waals surface area contributed by atoms with Crippen LogP contribution in [-0.4, -0.2) is 41.3 Å². The van der Waals surface area contributed by atoms with Gasteiger partial charge < -0.3 is 10.2 Å². The summed E-state index contributed by atoms with van der Waals surface area (Å²) in [6.07, 6.45) is 0. The van der Waals surface area contributed by atoms with E-state index in [-0.39, 0.29) is 6.61 Å². The summed E-state index contributed by atoms with van der Waals surface area (Å²) < 4.78 is 0. The molecule has 88 valence electrons. The molecule has 0 bridgehead atoms. The summed E-state index contributed by atoms with van der Waals surface area (Å²) >= 11 is 0. The molecular weight excluding hydrogens is 206 g/mol. The van der Waals surface area contributed by atoms with E-state index >= 15 is 0 Å². The fourth-order valence-electron chi connectivity index (χ4n) is 1.71. The zero-order chi connectivity index (χ0) is 12.1. The average molecular weight is 223 g/mol. The number of carboxylic acid groups (broad SMARTS) is 1. The van der Waals surface area contributed by atoms with Gasteiger partial charge in [-0.25, -0.2) is 0 Å². The number of nitrogens with zero attached hydrogens (tertiary/aromatic N) is 1. The Labute approximate surface area is 95.1 Å². The minimum atomic E-state index is -0.901. The molecule has 1 aromatic rings. The van der Waals surface area contributed by atoms with E-state index in [4.69, 9.17) is 5.11 Å². The van der Waals surface area contributed by atoms with E-state index in [1.165, 1.54) is 0 Å². The van der Waals surface area contributed by atoms with Crippen LogP contribution in [0.4, 0.5) is 0 Å². The van der Waals surface area contributed by atoms with Crippen molar-refractivity contribution in [3.05, 3.63) is 35.4 Å². The van der Waals surface area contributed by atoms with Crippen molar-refractivity contribution in [1.82, 2.24) is 4.90 Å². The van der Waals surface area contributed by atoms with Crippen LogP contribution in [0.2, 0.25) is 0 Å². The Bertz CT molecular complexity index is 365. The molecule has 0 radical (unpaired) electrons. The number of aliphatic hydroxyl groups is 1. The fraction of sp³-hybridized carbons (Fsp3) is 0.417. The van der Waals surface area contributed by atoms with Gasteiger partial charge in [-0.2, -0.15) is 0 Å². The molecule has 0 aromatic heterocycles. The molecule has 1 rings (SSSR count). The monoisotopic (exact) mass is 223 g/mol. The first-order chi connectivity index (χ1) is 7.56. The molecule has 0 aliphatic rings. The van der Waals surface area contributed by atoms with Crippen molar-refractivity contribution in [2.45, 2.75) is 13.0 Å². The maximum Gasteiger partial charge on any atom is 0.325 e. The van der Waals surface area contributed by atoms with E-state index in [0.717, 1.165) is 11.1 Å². The quantitative estimate of drug-likeness (QED) is 0.783. The standard InChI is InChI=1S/C12H17NO3/c1-9-4-3-5-10(8-9)11(12(15)16)13(2)6-7-14/h3-5,8,11,14H,6-7H2,1-2H3,(H,15,16). The zero-order valence-electron chi connectivity index (χ0n) is 9.55. The second-order valence-corrected chi connectivity index (χ2v) is 3.86. The first-order valence-corrected chi connectivity index (χ1v) is 5.16. The number of benzene rings is 1. The Hall–Kier alpha value is -1.39. The summed E-state index contributed by atoms with van der Waals surface area (Å²) in [5, 5.41) is 18.0. The van der Waals surface area contributed by atoms with E-state index in [1.54, 1.807) is 18.0 Å². The van der Waals surface area contributed by atoms with Gasteiger partial charge in [0.05, 0.1) is 6.61 Å². The third kappa shape index (κ3) is 3.05. The molecule has 1 aromatic carbocycles. The van der Waals surface area contributed by atoms with Crippen molar-refractivity contribution in [3.63, 3.8) is 0 Å².